The number of anilines is 1. The highest BCUT2D eigenvalue weighted by Gasteiger charge is 2.16. The van der Waals surface area contributed by atoms with E-state index in [0.29, 0.717) is 5.56 Å². The molecular weight excluding hydrogens is 340 g/mol. The van der Waals surface area contributed by atoms with Crippen molar-refractivity contribution in [3.8, 4) is 6.07 Å². The molecule has 0 fully saturated rings. The number of rotatable bonds is 3. The van der Waals surface area contributed by atoms with Gasteiger partial charge in [0.05, 0.1) is 16.1 Å². The van der Waals surface area contributed by atoms with Crippen molar-refractivity contribution < 1.29 is 8.42 Å². The maximum Gasteiger partial charge on any atom is 0.261 e. The van der Waals surface area contributed by atoms with Crippen LogP contribution >= 0.6 is 15.9 Å². The summed E-state index contributed by atoms with van der Waals surface area (Å²) in [5.74, 6) is 0. The first-order valence-electron chi connectivity index (χ1n) is 5.72. The van der Waals surface area contributed by atoms with Gasteiger partial charge >= 0.3 is 0 Å². The molecule has 2 aromatic carbocycles. The van der Waals surface area contributed by atoms with Crippen molar-refractivity contribution in [2.24, 2.45) is 0 Å². The summed E-state index contributed by atoms with van der Waals surface area (Å²) in [5, 5.41) is 9.11. The van der Waals surface area contributed by atoms with Gasteiger partial charge in [0.2, 0.25) is 0 Å². The maximum atomic E-state index is 12.3. The second-order valence-electron chi connectivity index (χ2n) is 4.17. The van der Waals surface area contributed by atoms with Crippen LogP contribution in [0.5, 0.6) is 0 Å². The third-order valence-electron chi connectivity index (χ3n) is 2.75. The van der Waals surface area contributed by atoms with E-state index in [1.165, 1.54) is 12.1 Å². The van der Waals surface area contributed by atoms with Crippen LogP contribution < -0.4 is 4.72 Å². The molecule has 0 unspecified atom stereocenters. The topological polar surface area (TPSA) is 70.0 Å². The molecule has 6 heteroatoms. The van der Waals surface area contributed by atoms with Gasteiger partial charge in [-0.3, -0.25) is 4.72 Å². The molecule has 0 saturated carbocycles. The van der Waals surface area contributed by atoms with Crippen LogP contribution in [0.4, 0.5) is 5.69 Å². The smallest absolute Gasteiger partial charge is 0.261 e. The Balaban J connectivity index is 2.42. The highest BCUT2D eigenvalue weighted by molar-refractivity contribution is 9.10. The lowest BCUT2D eigenvalue weighted by Crippen LogP contribution is -2.14. The first-order chi connectivity index (χ1) is 9.44. The van der Waals surface area contributed by atoms with Crippen LogP contribution in [0.15, 0.2) is 51.8 Å². The fourth-order valence-electron chi connectivity index (χ4n) is 1.72. The van der Waals surface area contributed by atoms with Gasteiger partial charge in [0.25, 0.3) is 10.0 Å². The van der Waals surface area contributed by atoms with E-state index in [1.54, 1.807) is 37.3 Å². The van der Waals surface area contributed by atoms with Gasteiger partial charge in [-0.1, -0.05) is 28.1 Å². The molecule has 0 saturated heterocycles. The van der Waals surface area contributed by atoms with E-state index >= 15 is 0 Å². The number of benzene rings is 2. The molecule has 0 aliphatic heterocycles. The quantitative estimate of drug-likeness (QED) is 0.921. The van der Waals surface area contributed by atoms with E-state index in [9.17, 15) is 8.42 Å². The summed E-state index contributed by atoms with van der Waals surface area (Å²) in [6.45, 7) is 1.76. The second kappa shape index (κ2) is 5.65. The number of aryl methyl sites for hydroxylation is 1. The molecular formula is C14H11BrN2O2S. The molecule has 0 amide bonds. The average molecular weight is 351 g/mol. The van der Waals surface area contributed by atoms with Gasteiger partial charge in [0.15, 0.2) is 0 Å². The zero-order valence-corrected chi connectivity index (χ0v) is 13.0. The minimum Gasteiger partial charge on any atom is -0.278 e. The molecule has 0 aliphatic carbocycles. The number of nitriles is 1. The van der Waals surface area contributed by atoms with Crippen LogP contribution in [0.25, 0.3) is 0 Å². The van der Waals surface area contributed by atoms with Crippen molar-refractivity contribution in [2.45, 2.75) is 11.8 Å². The molecule has 0 spiro atoms. The molecule has 1 N–H and O–H groups in total. The number of hydrogen-bond donors (Lipinski definition) is 1. The molecule has 0 aliphatic rings. The van der Waals surface area contributed by atoms with E-state index in [0.717, 1.165) is 10.0 Å². The Morgan fingerprint density at radius 1 is 1.15 bits per heavy atom. The molecule has 0 radical (unpaired) electrons. The van der Waals surface area contributed by atoms with Crippen LogP contribution in [0.2, 0.25) is 0 Å². The Bertz CT molecular complexity index is 778. The fraction of sp³-hybridized carbons (Fsp3) is 0.0714. The molecule has 4 nitrogen and oxygen atoms in total. The van der Waals surface area contributed by atoms with E-state index in [2.05, 4.69) is 20.7 Å². The Hall–Kier alpha value is -1.84. The van der Waals surface area contributed by atoms with Gasteiger partial charge in [-0.25, -0.2) is 8.42 Å². The summed E-state index contributed by atoms with van der Waals surface area (Å²) in [7, 11) is -3.70. The van der Waals surface area contributed by atoms with Gasteiger partial charge in [0, 0.05) is 4.47 Å². The number of nitrogens with zero attached hydrogens (tertiary/aromatic N) is 1. The van der Waals surface area contributed by atoms with E-state index < -0.39 is 10.0 Å². The summed E-state index contributed by atoms with van der Waals surface area (Å²) in [6.07, 6.45) is 0. The van der Waals surface area contributed by atoms with E-state index in [1.807, 2.05) is 6.07 Å². The van der Waals surface area contributed by atoms with Crippen LogP contribution in [-0.2, 0) is 10.0 Å². The zero-order valence-electron chi connectivity index (χ0n) is 10.6. The van der Waals surface area contributed by atoms with Crippen molar-refractivity contribution >= 4 is 31.6 Å². The Morgan fingerprint density at radius 3 is 2.40 bits per heavy atom. The lowest BCUT2D eigenvalue weighted by atomic mass is 10.1. The molecule has 20 heavy (non-hydrogen) atoms. The fourth-order valence-corrected chi connectivity index (χ4v) is 3.05. The van der Waals surface area contributed by atoms with Crippen molar-refractivity contribution in [1.29, 1.82) is 5.26 Å². The number of sulfonamides is 1. The third-order valence-corrected chi connectivity index (χ3v) is 4.66. The summed E-state index contributed by atoms with van der Waals surface area (Å²) in [4.78, 5) is 0.145. The molecule has 0 heterocycles. The molecule has 0 aromatic heterocycles. The molecule has 0 atom stereocenters. The maximum absolute atomic E-state index is 12.3. The van der Waals surface area contributed by atoms with Gasteiger partial charge < -0.3 is 0 Å². The van der Waals surface area contributed by atoms with Crippen molar-refractivity contribution in [3.05, 3.63) is 58.1 Å². The molecule has 102 valence electrons. The minimum atomic E-state index is -3.70. The Labute approximate surface area is 126 Å². The number of nitrogens with one attached hydrogen (secondary N) is 1. The van der Waals surface area contributed by atoms with Crippen LogP contribution in [0.3, 0.4) is 0 Å². The first kappa shape index (κ1) is 14.6. The lowest BCUT2D eigenvalue weighted by molar-refractivity contribution is 0.601. The SMILES string of the molecule is Cc1cccc(NS(=O)(=O)c2ccc(Br)cc2)c1C#N. The van der Waals surface area contributed by atoms with Crippen LogP contribution in [0, 0.1) is 18.3 Å². The summed E-state index contributed by atoms with van der Waals surface area (Å²) >= 11 is 3.25. The van der Waals surface area contributed by atoms with Gasteiger partial charge in [0.1, 0.15) is 6.07 Å². The molecule has 2 aromatic rings. The van der Waals surface area contributed by atoms with Gasteiger partial charge in [-0.15, -0.1) is 0 Å². The standard InChI is InChI=1S/C14H11BrN2O2S/c1-10-3-2-4-14(13(10)9-16)17-20(18,19)12-7-5-11(15)6-8-12/h2-8,17H,1H3. The normalized spacial score (nSPS) is 10.8. The summed E-state index contributed by atoms with van der Waals surface area (Å²) in [6, 6.07) is 13.3. The van der Waals surface area contributed by atoms with Gasteiger partial charge in [-0.05, 0) is 42.8 Å². The minimum absolute atomic E-state index is 0.145. The largest absolute Gasteiger partial charge is 0.278 e. The lowest BCUT2D eigenvalue weighted by Gasteiger charge is -2.10. The summed E-state index contributed by atoms with van der Waals surface area (Å²) in [5.41, 5.74) is 1.34. The zero-order chi connectivity index (χ0) is 14.8. The summed E-state index contributed by atoms with van der Waals surface area (Å²) < 4.78 is 27.8. The second-order valence-corrected chi connectivity index (χ2v) is 6.77. The highest BCUT2D eigenvalue weighted by atomic mass is 79.9. The predicted molar refractivity (Wildman–Crippen MR) is 80.8 cm³/mol. The highest BCUT2D eigenvalue weighted by Crippen LogP contribution is 2.23. The van der Waals surface area contributed by atoms with E-state index in [4.69, 9.17) is 5.26 Å². The van der Waals surface area contributed by atoms with Crippen molar-refractivity contribution in [3.63, 3.8) is 0 Å². The van der Waals surface area contributed by atoms with Crippen LogP contribution in [0.1, 0.15) is 11.1 Å². The Morgan fingerprint density at radius 2 is 1.80 bits per heavy atom. The number of hydrogen-bond acceptors (Lipinski definition) is 3. The predicted octanol–water partition coefficient (Wildman–Crippen LogP) is 3.43. The monoisotopic (exact) mass is 350 g/mol. The number of halogens is 1. The molecule has 0 bridgehead atoms. The van der Waals surface area contributed by atoms with Crippen LogP contribution in [-0.4, -0.2) is 8.42 Å². The van der Waals surface area contributed by atoms with Crippen molar-refractivity contribution in [1.82, 2.24) is 0 Å². The third kappa shape index (κ3) is 3.00. The van der Waals surface area contributed by atoms with E-state index in [-0.39, 0.29) is 10.6 Å². The molecule has 2 rings (SSSR count). The van der Waals surface area contributed by atoms with Crippen molar-refractivity contribution in [2.75, 3.05) is 4.72 Å². The average Bonchev–Trinajstić information content (AvgIpc) is 2.39. The first-order valence-corrected chi connectivity index (χ1v) is 8.00. The Kier molecular flexibility index (Phi) is 4.12. The van der Waals surface area contributed by atoms with Gasteiger partial charge in [-0.2, -0.15) is 5.26 Å².